The molecule has 0 aromatic heterocycles. The van der Waals surface area contributed by atoms with Gasteiger partial charge in [-0.3, -0.25) is 4.79 Å². The SMILES string of the molecule is CCOC(=O)CC(O)CNCC1Cc2ccccc21. The summed E-state index contributed by atoms with van der Waals surface area (Å²) in [5.74, 6) is 0.191. The van der Waals surface area contributed by atoms with E-state index in [2.05, 4.69) is 29.6 Å². The zero-order chi connectivity index (χ0) is 13.7. The third kappa shape index (κ3) is 3.78. The largest absolute Gasteiger partial charge is 0.466 e. The van der Waals surface area contributed by atoms with E-state index in [1.54, 1.807) is 6.92 Å². The van der Waals surface area contributed by atoms with E-state index in [1.165, 1.54) is 11.1 Å². The molecule has 0 spiro atoms. The number of aliphatic hydroxyl groups is 1. The molecule has 0 bridgehead atoms. The topological polar surface area (TPSA) is 58.6 Å². The van der Waals surface area contributed by atoms with Gasteiger partial charge >= 0.3 is 5.97 Å². The third-order valence-electron chi connectivity index (χ3n) is 3.44. The summed E-state index contributed by atoms with van der Waals surface area (Å²) in [4.78, 5) is 11.2. The lowest BCUT2D eigenvalue weighted by Crippen LogP contribution is -2.35. The quantitative estimate of drug-likeness (QED) is 0.726. The van der Waals surface area contributed by atoms with Crippen LogP contribution in [0.4, 0.5) is 0 Å². The number of aliphatic hydroxyl groups excluding tert-OH is 1. The number of fused-ring (bicyclic) bond motifs is 1. The fourth-order valence-corrected chi connectivity index (χ4v) is 2.45. The summed E-state index contributed by atoms with van der Waals surface area (Å²) >= 11 is 0. The van der Waals surface area contributed by atoms with Crippen LogP contribution < -0.4 is 5.32 Å². The highest BCUT2D eigenvalue weighted by Crippen LogP contribution is 2.33. The van der Waals surface area contributed by atoms with E-state index >= 15 is 0 Å². The molecule has 0 saturated carbocycles. The predicted octanol–water partition coefficient (Wildman–Crippen LogP) is 1.23. The van der Waals surface area contributed by atoms with E-state index in [0.29, 0.717) is 19.1 Å². The second kappa shape index (κ2) is 6.68. The lowest BCUT2D eigenvalue weighted by atomic mass is 9.77. The smallest absolute Gasteiger partial charge is 0.308 e. The first-order valence-electron chi connectivity index (χ1n) is 6.83. The summed E-state index contributed by atoms with van der Waals surface area (Å²) in [5.41, 5.74) is 2.82. The van der Waals surface area contributed by atoms with Crippen molar-refractivity contribution in [2.45, 2.75) is 31.8 Å². The molecule has 2 unspecified atom stereocenters. The van der Waals surface area contributed by atoms with Gasteiger partial charge in [0.1, 0.15) is 0 Å². The standard InChI is InChI=1S/C15H21NO3/c1-2-19-15(18)8-13(17)10-16-9-12-7-11-5-3-4-6-14(11)12/h3-6,12-13,16-17H,2,7-10H2,1H3. The molecule has 0 fully saturated rings. The number of hydrogen-bond donors (Lipinski definition) is 2. The maximum absolute atomic E-state index is 11.2. The van der Waals surface area contributed by atoms with Gasteiger partial charge in [-0.2, -0.15) is 0 Å². The van der Waals surface area contributed by atoms with Gasteiger partial charge in [-0.25, -0.2) is 0 Å². The summed E-state index contributed by atoms with van der Waals surface area (Å²) in [6.45, 7) is 3.39. The molecule has 2 N–H and O–H groups in total. The molecule has 1 aromatic rings. The molecule has 0 heterocycles. The van der Waals surface area contributed by atoms with Gasteiger partial charge in [0.25, 0.3) is 0 Å². The van der Waals surface area contributed by atoms with Crippen LogP contribution in [0.1, 0.15) is 30.4 Å². The minimum atomic E-state index is -0.672. The number of carbonyl (C=O) groups is 1. The molecular formula is C15H21NO3. The molecule has 2 atom stereocenters. The Hall–Kier alpha value is -1.39. The van der Waals surface area contributed by atoms with E-state index in [0.717, 1.165) is 13.0 Å². The predicted molar refractivity (Wildman–Crippen MR) is 73.0 cm³/mol. The molecule has 19 heavy (non-hydrogen) atoms. The Balaban J connectivity index is 1.64. The van der Waals surface area contributed by atoms with Crippen molar-refractivity contribution in [3.8, 4) is 0 Å². The first-order valence-corrected chi connectivity index (χ1v) is 6.83. The first kappa shape index (κ1) is 14.0. The highest BCUT2D eigenvalue weighted by molar-refractivity contribution is 5.69. The van der Waals surface area contributed by atoms with Gasteiger partial charge in [-0.1, -0.05) is 24.3 Å². The van der Waals surface area contributed by atoms with E-state index in [1.807, 2.05) is 0 Å². The van der Waals surface area contributed by atoms with Gasteiger partial charge in [0, 0.05) is 19.0 Å². The van der Waals surface area contributed by atoms with Gasteiger partial charge in [0.2, 0.25) is 0 Å². The van der Waals surface area contributed by atoms with Gasteiger partial charge in [-0.15, -0.1) is 0 Å². The number of ether oxygens (including phenoxy) is 1. The zero-order valence-corrected chi connectivity index (χ0v) is 11.3. The number of esters is 1. The summed E-state index contributed by atoms with van der Waals surface area (Å²) in [7, 11) is 0. The average molecular weight is 263 g/mol. The van der Waals surface area contributed by atoms with Crippen molar-refractivity contribution < 1.29 is 14.6 Å². The van der Waals surface area contributed by atoms with E-state index in [4.69, 9.17) is 4.74 Å². The van der Waals surface area contributed by atoms with E-state index in [9.17, 15) is 9.90 Å². The van der Waals surface area contributed by atoms with Crippen LogP contribution in [-0.4, -0.2) is 36.9 Å². The molecule has 0 amide bonds. The number of rotatable bonds is 7. The number of carbonyl (C=O) groups excluding carboxylic acids is 1. The maximum atomic E-state index is 11.2. The Morgan fingerprint density at radius 1 is 1.53 bits per heavy atom. The molecule has 0 radical (unpaired) electrons. The average Bonchev–Trinajstić information content (AvgIpc) is 2.35. The van der Waals surface area contributed by atoms with Crippen molar-refractivity contribution in [3.05, 3.63) is 35.4 Å². The van der Waals surface area contributed by atoms with Gasteiger partial charge in [0.15, 0.2) is 0 Å². The van der Waals surface area contributed by atoms with Crippen LogP contribution in [0.3, 0.4) is 0 Å². The highest BCUT2D eigenvalue weighted by atomic mass is 16.5. The van der Waals surface area contributed by atoms with Crippen LogP contribution in [0.15, 0.2) is 24.3 Å². The summed E-state index contributed by atoms with van der Waals surface area (Å²) in [6.07, 6.45) is 0.480. The highest BCUT2D eigenvalue weighted by Gasteiger charge is 2.24. The normalized spacial score (nSPS) is 18.3. The van der Waals surface area contributed by atoms with Crippen molar-refractivity contribution in [1.29, 1.82) is 0 Å². The van der Waals surface area contributed by atoms with Gasteiger partial charge in [0.05, 0.1) is 19.1 Å². The van der Waals surface area contributed by atoms with E-state index in [-0.39, 0.29) is 12.4 Å². The second-order valence-corrected chi connectivity index (χ2v) is 4.92. The van der Waals surface area contributed by atoms with Crippen LogP contribution in [0.2, 0.25) is 0 Å². The van der Waals surface area contributed by atoms with Gasteiger partial charge < -0.3 is 15.2 Å². The van der Waals surface area contributed by atoms with Crippen molar-refractivity contribution in [2.75, 3.05) is 19.7 Å². The van der Waals surface area contributed by atoms with Crippen molar-refractivity contribution in [3.63, 3.8) is 0 Å². The second-order valence-electron chi connectivity index (χ2n) is 4.92. The maximum Gasteiger partial charge on any atom is 0.308 e. The Morgan fingerprint density at radius 3 is 3.05 bits per heavy atom. The molecule has 1 aliphatic carbocycles. The number of hydrogen-bond acceptors (Lipinski definition) is 4. The van der Waals surface area contributed by atoms with Crippen LogP contribution in [-0.2, 0) is 16.0 Å². The first-order chi connectivity index (χ1) is 9.20. The van der Waals surface area contributed by atoms with Crippen molar-refractivity contribution in [2.24, 2.45) is 0 Å². The Bertz CT molecular complexity index is 433. The minimum Gasteiger partial charge on any atom is -0.466 e. The summed E-state index contributed by atoms with van der Waals surface area (Å²) in [5, 5.41) is 12.9. The molecule has 0 saturated heterocycles. The fourth-order valence-electron chi connectivity index (χ4n) is 2.45. The van der Waals surface area contributed by atoms with E-state index < -0.39 is 6.10 Å². The lowest BCUT2D eigenvalue weighted by Gasteiger charge is -2.30. The van der Waals surface area contributed by atoms with Crippen LogP contribution in [0.25, 0.3) is 0 Å². The molecule has 104 valence electrons. The Labute approximate surface area is 113 Å². The zero-order valence-electron chi connectivity index (χ0n) is 11.3. The van der Waals surface area contributed by atoms with Gasteiger partial charge in [-0.05, 0) is 24.5 Å². The number of nitrogens with one attached hydrogen (secondary N) is 1. The molecule has 4 nitrogen and oxygen atoms in total. The molecular weight excluding hydrogens is 242 g/mol. The molecule has 0 aliphatic heterocycles. The third-order valence-corrected chi connectivity index (χ3v) is 3.44. The van der Waals surface area contributed by atoms with Crippen LogP contribution >= 0.6 is 0 Å². The fraction of sp³-hybridized carbons (Fsp3) is 0.533. The van der Waals surface area contributed by atoms with Crippen LogP contribution in [0.5, 0.6) is 0 Å². The lowest BCUT2D eigenvalue weighted by molar-refractivity contribution is -0.145. The molecule has 1 aromatic carbocycles. The monoisotopic (exact) mass is 263 g/mol. The van der Waals surface area contributed by atoms with Crippen LogP contribution in [0, 0.1) is 0 Å². The Morgan fingerprint density at radius 2 is 2.32 bits per heavy atom. The molecule has 2 rings (SSSR count). The molecule has 4 heteroatoms. The van der Waals surface area contributed by atoms with Crippen molar-refractivity contribution in [1.82, 2.24) is 5.32 Å². The Kier molecular flexibility index (Phi) is 4.93. The number of benzene rings is 1. The molecule has 1 aliphatic rings. The summed E-state index contributed by atoms with van der Waals surface area (Å²) < 4.78 is 4.79. The minimum absolute atomic E-state index is 0.0576. The summed E-state index contributed by atoms with van der Waals surface area (Å²) in [6, 6.07) is 8.42. The van der Waals surface area contributed by atoms with Crippen molar-refractivity contribution >= 4 is 5.97 Å².